The SMILES string of the molecule is CC[C@H](C(=O)NC(C(C)C)C(C)C)N(c1cc(C)ccc1C)S(C)(=O)=O. The normalized spacial score (nSPS) is 13.3. The average molecular weight is 383 g/mol. The van der Waals surface area contributed by atoms with Crippen LogP contribution < -0.4 is 9.62 Å². The standard InChI is InChI=1S/C20H34N2O3S/c1-9-17(20(23)21-19(13(2)3)14(4)5)22(26(8,24)25)18-12-15(6)10-11-16(18)7/h10-14,17,19H,9H2,1-8H3,(H,21,23)/t17-/m1/s1. The van der Waals surface area contributed by atoms with E-state index >= 15 is 0 Å². The highest BCUT2D eigenvalue weighted by Crippen LogP contribution is 2.27. The Bertz CT molecular complexity index is 719. The number of carbonyl (C=O) groups excluding carboxylic acids is 1. The summed E-state index contributed by atoms with van der Waals surface area (Å²) < 4.78 is 26.5. The number of aryl methyl sites for hydroxylation is 2. The second kappa shape index (κ2) is 8.89. The van der Waals surface area contributed by atoms with Crippen molar-refractivity contribution in [1.82, 2.24) is 5.32 Å². The fourth-order valence-corrected chi connectivity index (χ4v) is 4.62. The molecule has 1 amide bonds. The molecule has 1 N–H and O–H groups in total. The van der Waals surface area contributed by atoms with E-state index in [1.807, 2.05) is 39.0 Å². The van der Waals surface area contributed by atoms with Gasteiger partial charge in [0.05, 0.1) is 11.9 Å². The van der Waals surface area contributed by atoms with Crippen molar-refractivity contribution >= 4 is 21.6 Å². The van der Waals surface area contributed by atoms with E-state index in [4.69, 9.17) is 0 Å². The van der Waals surface area contributed by atoms with E-state index in [2.05, 4.69) is 33.0 Å². The molecule has 148 valence electrons. The summed E-state index contributed by atoms with van der Waals surface area (Å²) in [5.41, 5.74) is 2.36. The molecule has 0 aliphatic heterocycles. The number of carbonyl (C=O) groups is 1. The Kier molecular flexibility index (Phi) is 7.69. The van der Waals surface area contributed by atoms with Gasteiger partial charge in [0.15, 0.2) is 0 Å². The lowest BCUT2D eigenvalue weighted by Crippen LogP contribution is -2.53. The molecule has 0 heterocycles. The quantitative estimate of drug-likeness (QED) is 0.746. The van der Waals surface area contributed by atoms with Crippen LogP contribution in [0.15, 0.2) is 18.2 Å². The van der Waals surface area contributed by atoms with Crippen LogP contribution in [0, 0.1) is 25.7 Å². The van der Waals surface area contributed by atoms with E-state index in [1.165, 1.54) is 4.31 Å². The van der Waals surface area contributed by atoms with Gasteiger partial charge in [-0.1, -0.05) is 46.8 Å². The molecule has 0 bridgehead atoms. The molecular formula is C20H34N2O3S. The Balaban J connectivity index is 3.35. The number of nitrogens with one attached hydrogen (secondary N) is 1. The molecule has 0 spiro atoms. The fraction of sp³-hybridized carbons (Fsp3) is 0.650. The summed E-state index contributed by atoms with van der Waals surface area (Å²) in [5.74, 6) is 0.291. The highest BCUT2D eigenvalue weighted by molar-refractivity contribution is 7.92. The molecule has 0 fully saturated rings. The van der Waals surface area contributed by atoms with Crippen molar-refractivity contribution in [1.29, 1.82) is 0 Å². The highest BCUT2D eigenvalue weighted by Gasteiger charge is 2.34. The van der Waals surface area contributed by atoms with E-state index in [0.29, 0.717) is 12.1 Å². The van der Waals surface area contributed by atoms with Gasteiger partial charge >= 0.3 is 0 Å². The Morgan fingerprint density at radius 1 is 1.12 bits per heavy atom. The third-order valence-electron chi connectivity index (χ3n) is 4.68. The Morgan fingerprint density at radius 2 is 1.65 bits per heavy atom. The van der Waals surface area contributed by atoms with Crippen molar-refractivity contribution in [2.45, 2.75) is 67.0 Å². The number of hydrogen-bond donors (Lipinski definition) is 1. The fourth-order valence-electron chi connectivity index (χ4n) is 3.36. The predicted molar refractivity (Wildman–Crippen MR) is 109 cm³/mol. The molecule has 0 aliphatic rings. The molecule has 0 aliphatic carbocycles. The van der Waals surface area contributed by atoms with Crippen molar-refractivity contribution in [2.75, 3.05) is 10.6 Å². The molecule has 6 heteroatoms. The second-order valence-corrected chi connectivity index (χ2v) is 9.65. The topological polar surface area (TPSA) is 66.5 Å². The lowest BCUT2D eigenvalue weighted by molar-refractivity contribution is -0.123. The number of sulfonamides is 1. The smallest absolute Gasteiger partial charge is 0.244 e. The highest BCUT2D eigenvalue weighted by atomic mass is 32.2. The van der Waals surface area contributed by atoms with Gasteiger partial charge in [0.1, 0.15) is 6.04 Å². The van der Waals surface area contributed by atoms with Gasteiger partial charge in [0.2, 0.25) is 15.9 Å². The molecule has 0 saturated carbocycles. The lowest BCUT2D eigenvalue weighted by atomic mass is 9.93. The minimum absolute atomic E-state index is 0.00318. The first kappa shape index (κ1) is 22.5. The minimum Gasteiger partial charge on any atom is -0.351 e. The summed E-state index contributed by atoms with van der Waals surface area (Å²) in [6, 6.07) is 4.88. The number of anilines is 1. The number of rotatable bonds is 8. The maximum atomic E-state index is 13.0. The van der Waals surface area contributed by atoms with Gasteiger partial charge in [-0.3, -0.25) is 9.10 Å². The number of benzene rings is 1. The van der Waals surface area contributed by atoms with Crippen molar-refractivity contribution in [3.63, 3.8) is 0 Å². The predicted octanol–water partition coefficient (Wildman–Crippen LogP) is 3.64. The molecule has 0 saturated heterocycles. The molecule has 1 aromatic carbocycles. The van der Waals surface area contributed by atoms with Gasteiger partial charge in [-0.2, -0.15) is 0 Å². The van der Waals surface area contributed by atoms with Crippen LogP contribution in [0.4, 0.5) is 5.69 Å². The van der Waals surface area contributed by atoms with Crippen LogP contribution in [-0.4, -0.2) is 32.7 Å². The molecule has 0 radical (unpaired) electrons. The Morgan fingerprint density at radius 3 is 2.08 bits per heavy atom. The number of amides is 1. The molecule has 1 aromatic rings. The van der Waals surface area contributed by atoms with E-state index in [9.17, 15) is 13.2 Å². The van der Waals surface area contributed by atoms with Crippen LogP contribution in [0.2, 0.25) is 0 Å². The summed E-state index contributed by atoms with van der Waals surface area (Å²) in [5, 5.41) is 3.08. The largest absolute Gasteiger partial charge is 0.351 e. The third-order valence-corrected chi connectivity index (χ3v) is 5.84. The summed E-state index contributed by atoms with van der Waals surface area (Å²) in [7, 11) is -3.62. The molecule has 0 aromatic heterocycles. The first-order chi connectivity index (χ1) is 11.9. The molecule has 26 heavy (non-hydrogen) atoms. The summed E-state index contributed by atoms with van der Waals surface area (Å²) in [6.07, 6.45) is 1.56. The van der Waals surface area contributed by atoms with Gasteiger partial charge in [-0.15, -0.1) is 0 Å². The van der Waals surface area contributed by atoms with E-state index in [-0.39, 0.29) is 23.8 Å². The van der Waals surface area contributed by atoms with Gasteiger partial charge in [0, 0.05) is 6.04 Å². The molecular weight excluding hydrogens is 348 g/mol. The van der Waals surface area contributed by atoms with Crippen LogP contribution in [0.3, 0.4) is 0 Å². The van der Waals surface area contributed by atoms with Gasteiger partial charge in [-0.05, 0) is 49.3 Å². The van der Waals surface area contributed by atoms with E-state index in [1.54, 1.807) is 0 Å². The maximum absolute atomic E-state index is 13.0. The van der Waals surface area contributed by atoms with Crippen LogP contribution in [0.5, 0.6) is 0 Å². The summed E-state index contributed by atoms with van der Waals surface area (Å²) in [6.45, 7) is 13.9. The lowest BCUT2D eigenvalue weighted by Gasteiger charge is -2.34. The number of hydrogen-bond acceptors (Lipinski definition) is 3. The third kappa shape index (κ3) is 5.47. The average Bonchev–Trinajstić information content (AvgIpc) is 2.50. The zero-order chi connectivity index (χ0) is 20.2. The van der Waals surface area contributed by atoms with Crippen LogP contribution in [0.1, 0.15) is 52.2 Å². The summed E-state index contributed by atoms with van der Waals surface area (Å²) in [4.78, 5) is 13.0. The first-order valence-electron chi connectivity index (χ1n) is 9.27. The zero-order valence-corrected chi connectivity index (χ0v) is 18.1. The van der Waals surface area contributed by atoms with Crippen molar-refractivity contribution in [3.05, 3.63) is 29.3 Å². The second-order valence-electron chi connectivity index (χ2n) is 7.80. The van der Waals surface area contributed by atoms with Crippen LogP contribution in [0.25, 0.3) is 0 Å². The molecule has 5 nitrogen and oxygen atoms in total. The first-order valence-corrected chi connectivity index (χ1v) is 11.1. The summed E-state index contributed by atoms with van der Waals surface area (Å²) >= 11 is 0. The minimum atomic E-state index is -3.62. The van der Waals surface area contributed by atoms with E-state index in [0.717, 1.165) is 17.4 Å². The van der Waals surface area contributed by atoms with E-state index < -0.39 is 16.1 Å². The molecule has 1 atom stereocenters. The van der Waals surface area contributed by atoms with Gasteiger partial charge in [-0.25, -0.2) is 8.42 Å². The van der Waals surface area contributed by atoms with Gasteiger partial charge < -0.3 is 5.32 Å². The van der Waals surface area contributed by atoms with Crippen LogP contribution in [-0.2, 0) is 14.8 Å². The molecule has 0 unspecified atom stereocenters. The maximum Gasteiger partial charge on any atom is 0.244 e. The van der Waals surface area contributed by atoms with Gasteiger partial charge in [0.25, 0.3) is 0 Å². The van der Waals surface area contributed by atoms with Crippen molar-refractivity contribution in [3.8, 4) is 0 Å². The molecule has 1 rings (SSSR count). The number of nitrogens with zero attached hydrogens (tertiary/aromatic N) is 1. The van der Waals surface area contributed by atoms with Crippen LogP contribution >= 0.6 is 0 Å². The Labute approximate surface area is 159 Å². The zero-order valence-electron chi connectivity index (χ0n) is 17.3. The van der Waals surface area contributed by atoms with Crippen molar-refractivity contribution in [2.24, 2.45) is 11.8 Å². The van der Waals surface area contributed by atoms with Crippen molar-refractivity contribution < 1.29 is 13.2 Å². The monoisotopic (exact) mass is 382 g/mol. The Hall–Kier alpha value is -1.56.